The van der Waals surface area contributed by atoms with Gasteiger partial charge in [0.2, 0.25) is 0 Å². The average Bonchev–Trinajstić information content (AvgIpc) is 3.09. The topological polar surface area (TPSA) is 78.1 Å². The summed E-state index contributed by atoms with van der Waals surface area (Å²) in [7, 11) is 0. The van der Waals surface area contributed by atoms with Crippen LogP contribution in [0.25, 0.3) is 0 Å². The maximum absolute atomic E-state index is 12.7. The van der Waals surface area contributed by atoms with Crippen molar-refractivity contribution in [2.45, 2.75) is 26.3 Å². The van der Waals surface area contributed by atoms with Gasteiger partial charge in [-0.05, 0) is 24.3 Å². The molecule has 0 aliphatic carbocycles. The Hall–Kier alpha value is -2.63. The predicted octanol–water partition coefficient (Wildman–Crippen LogP) is 2.21. The molecule has 0 saturated carbocycles. The van der Waals surface area contributed by atoms with Gasteiger partial charge in [0.05, 0.1) is 6.33 Å². The second kappa shape index (κ2) is 7.29. The summed E-state index contributed by atoms with van der Waals surface area (Å²) in [5.41, 5.74) is 1.43. The van der Waals surface area contributed by atoms with Crippen molar-refractivity contribution in [3.63, 3.8) is 0 Å². The number of carbonyl (C=O) groups excluding carboxylic acids is 2. The highest BCUT2D eigenvalue weighted by Gasteiger charge is 2.27. The Morgan fingerprint density at radius 3 is 2.88 bits per heavy atom. The Bertz CT molecular complexity index is 711. The van der Waals surface area contributed by atoms with Gasteiger partial charge in [-0.1, -0.05) is 37.3 Å². The highest BCUT2D eigenvalue weighted by molar-refractivity contribution is 6.04. The number of piperidine rings is 1. The summed E-state index contributed by atoms with van der Waals surface area (Å²) in [6.45, 7) is 4.00. The molecule has 0 bridgehead atoms. The Kier molecular flexibility index (Phi) is 4.93. The van der Waals surface area contributed by atoms with E-state index in [0.29, 0.717) is 12.5 Å². The lowest BCUT2D eigenvalue weighted by atomic mass is 10.00. The minimum atomic E-state index is -0.339. The molecule has 126 valence electrons. The van der Waals surface area contributed by atoms with E-state index in [2.05, 4.69) is 22.2 Å². The molecule has 1 atom stereocenters. The Balaban J connectivity index is 1.68. The largest absolute Gasteiger partial charge is 0.347 e. The van der Waals surface area contributed by atoms with Crippen molar-refractivity contribution < 1.29 is 9.59 Å². The van der Waals surface area contributed by atoms with Crippen LogP contribution in [0, 0.1) is 5.92 Å². The second-order valence-electron chi connectivity index (χ2n) is 6.29. The van der Waals surface area contributed by atoms with Crippen LogP contribution in [0.4, 0.5) is 0 Å². The fourth-order valence-electron chi connectivity index (χ4n) is 3.02. The van der Waals surface area contributed by atoms with Crippen molar-refractivity contribution >= 4 is 11.8 Å². The van der Waals surface area contributed by atoms with Crippen molar-refractivity contribution in [3.8, 4) is 0 Å². The third-order valence-corrected chi connectivity index (χ3v) is 4.31. The smallest absolute Gasteiger partial charge is 0.272 e. The van der Waals surface area contributed by atoms with Gasteiger partial charge in [-0.3, -0.25) is 9.59 Å². The molecule has 6 nitrogen and oxygen atoms in total. The number of amides is 2. The number of likely N-dealkylation sites (tertiary alicyclic amines) is 1. The van der Waals surface area contributed by atoms with E-state index < -0.39 is 0 Å². The van der Waals surface area contributed by atoms with E-state index in [-0.39, 0.29) is 23.2 Å². The Morgan fingerprint density at radius 1 is 1.33 bits per heavy atom. The lowest BCUT2D eigenvalue weighted by Crippen LogP contribution is -2.40. The zero-order valence-electron chi connectivity index (χ0n) is 13.8. The van der Waals surface area contributed by atoms with Crippen molar-refractivity contribution in [2.75, 3.05) is 13.1 Å². The van der Waals surface area contributed by atoms with E-state index in [1.54, 1.807) is 4.90 Å². The van der Waals surface area contributed by atoms with E-state index in [9.17, 15) is 9.59 Å². The molecule has 24 heavy (non-hydrogen) atoms. The average molecular weight is 326 g/mol. The van der Waals surface area contributed by atoms with Crippen molar-refractivity contribution in [1.82, 2.24) is 20.2 Å². The highest BCUT2D eigenvalue weighted by Crippen LogP contribution is 2.18. The van der Waals surface area contributed by atoms with Crippen molar-refractivity contribution in [3.05, 3.63) is 53.6 Å². The summed E-state index contributed by atoms with van der Waals surface area (Å²) in [5, 5.41) is 2.82. The summed E-state index contributed by atoms with van der Waals surface area (Å²) < 4.78 is 0. The summed E-state index contributed by atoms with van der Waals surface area (Å²) in [5.74, 6) is -0.00148. The molecule has 6 heteroatoms. The maximum atomic E-state index is 12.7. The number of rotatable bonds is 4. The fraction of sp³-hybridized carbons (Fsp3) is 0.389. The molecule has 3 rings (SSSR count). The number of hydrogen-bond donors (Lipinski definition) is 2. The van der Waals surface area contributed by atoms with Gasteiger partial charge in [0.25, 0.3) is 11.8 Å². The molecule has 2 aromatic rings. The zero-order chi connectivity index (χ0) is 16.9. The molecule has 1 aliphatic heterocycles. The standard InChI is InChI=1S/C18H22N4O2/c1-13-6-5-9-22(11-13)18(24)16-15(20-12-21-16)17(23)19-10-14-7-3-2-4-8-14/h2-4,7-8,12-13H,5-6,9-11H2,1H3,(H,19,23)(H,20,21)/t13-/m0/s1. The van der Waals surface area contributed by atoms with E-state index >= 15 is 0 Å². The van der Waals surface area contributed by atoms with Crippen LogP contribution in [0.5, 0.6) is 0 Å². The minimum Gasteiger partial charge on any atom is -0.347 e. The van der Waals surface area contributed by atoms with Gasteiger partial charge in [-0.25, -0.2) is 4.98 Å². The summed E-state index contributed by atoms with van der Waals surface area (Å²) in [6, 6.07) is 9.64. The molecular weight excluding hydrogens is 304 g/mol. The van der Waals surface area contributed by atoms with Gasteiger partial charge in [-0.15, -0.1) is 0 Å². The van der Waals surface area contributed by atoms with Gasteiger partial charge in [0, 0.05) is 19.6 Å². The van der Waals surface area contributed by atoms with Gasteiger partial charge in [-0.2, -0.15) is 0 Å². The third kappa shape index (κ3) is 3.64. The maximum Gasteiger partial charge on any atom is 0.272 e. The Labute approximate surface area is 141 Å². The van der Waals surface area contributed by atoms with Gasteiger partial charge >= 0.3 is 0 Å². The van der Waals surface area contributed by atoms with Gasteiger partial charge < -0.3 is 15.2 Å². The van der Waals surface area contributed by atoms with E-state index in [0.717, 1.165) is 31.5 Å². The molecule has 0 radical (unpaired) electrons. The molecule has 0 spiro atoms. The molecule has 1 aliphatic rings. The second-order valence-corrected chi connectivity index (χ2v) is 6.29. The van der Waals surface area contributed by atoms with Gasteiger partial charge in [0.15, 0.2) is 5.69 Å². The van der Waals surface area contributed by atoms with E-state index in [4.69, 9.17) is 0 Å². The van der Waals surface area contributed by atoms with Crippen LogP contribution in [0.15, 0.2) is 36.7 Å². The normalized spacial score (nSPS) is 17.5. The van der Waals surface area contributed by atoms with Crippen LogP contribution in [-0.2, 0) is 6.54 Å². The molecule has 1 aromatic heterocycles. The fourth-order valence-corrected chi connectivity index (χ4v) is 3.02. The lowest BCUT2D eigenvalue weighted by Gasteiger charge is -2.30. The van der Waals surface area contributed by atoms with Crippen LogP contribution in [0.3, 0.4) is 0 Å². The lowest BCUT2D eigenvalue weighted by molar-refractivity contribution is 0.0672. The summed E-state index contributed by atoms with van der Waals surface area (Å²) in [6.07, 6.45) is 3.53. The van der Waals surface area contributed by atoms with Crippen LogP contribution < -0.4 is 5.32 Å². The third-order valence-electron chi connectivity index (χ3n) is 4.31. The first-order chi connectivity index (χ1) is 11.6. The molecule has 0 unspecified atom stereocenters. The number of benzene rings is 1. The molecule has 1 fully saturated rings. The SMILES string of the molecule is C[C@H]1CCCN(C(=O)c2[nH]cnc2C(=O)NCc2ccccc2)C1. The van der Waals surface area contributed by atoms with Crippen molar-refractivity contribution in [1.29, 1.82) is 0 Å². The number of nitrogens with one attached hydrogen (secondary N) is 2. The molecule has 2 N–H and O–H groups in total. The number of carbonyl (C=O) groups is 2. The van der Waals surface area contributed by atoms with E-state index in [1.165, 1.54) is 6.33 Å². The first-order valence-corrected chi connectivity index (χ1v) is 8.30. The van der Waals surface area contributed by atoms with Crippen molar-refractivity contribution in [2.24, 2.45) is 5.92 Å². The quantitative estimate of drug-likeness (QED) is 0.904. The number of nitrogens with zero attached hydrogens (tertiary/aromatic N) is 2. The molecule has 2 amide bonds. The molecule has 1 saturated heterocycles. The van der Waals surface area contributed by atoms with Gasteiger partial charge in [0.1, 0.15) is 5.69 Å². The first kappa shape index (κ1) is 16.2. The van der Waals surface area contributed by atoms with Crippen LogP contribution in [0.2, 0.25) is 0 Å². The monoisotopic (exact) mass is 326 g/mol. The van der Waals surface area contributed by atoms with Crippen LogP contribution in [-0.4, -0.2) is 39.8 Å². The number of imidazole rings is 1. The number of H-pyrrole nitrogens is 1. The Morgan fingerprint density at radius 2 is 2.12 bits per heavy atom. The highest BCUT2D eigenvalue weighted by atomic mass is 16.2. The summed E-state index contributed by atoms with van der Waals surface area (Å²) >= 11 is 0. The molecular formula is C18H22N4O2. The number of aromatic nitrogens is 2. The minimum absolute atomic E-state index is 0.149. The first-order valence-electron chi connectivity index (χ1n) is 8.30. The zero-order valence-corrected chi connectivity index (χ0v) is 13.8. The number of aromatic amines is 1. The number of hydrogen-bond acceptors (Lipinski definition) is 3. The predicted molar refractivity (Wildman–Crippen MR) is 90.5 cm³/mol. The van der Waals surface area contributed by atoms with E-state index in [1.807, 2.05) is 30.3 Å². The summed E-state index contributed by atoms with van der Waals surface area (Å²) in [4.78, 5) is 33.8. The van der Waals surface area contributed by atoms with Crippen LogP contribution in [0.1, 0.15) is 46.3 Å². The molecule has 2 heterocycles. The van der Waals surface area contributed by atoms with Crippen LogP contribution >= 0.6 is 0 Å². The molecule has 1 aromatic carbocycles.